The molecule has 2 nitrogen and oxygen atoms in total. The van der Waals surface area contributed by atoms with Gasteiger partial charge in [-0.1, -0.05) is 17.7 Å². The monoisotopic (exact) mass is 242 g/mol. The Morgan fingerprint density at radius 3 is 2.88 bits per heavy atom. The van der Waals surface area contributed by atoms with E-state index in [9.17, 15) is 4.39 Å². The summed E-state index contributed by atoms with van der Waals surface area (Å²) in [6.07, 6.45) is 2.09. The Bertz CT molecular complexity index is 373. The molecule has 4 heteroatoms. The highest BCUT2D eigenvalue weighted by Gasteiger charge is 2.28. The molecule has 1 aromatic carbocycles. The Morgan fingerprint density at radius 2 is 2.25 bits per heavy atom. The number of hydrogen-bond donors (Lipinski definition) is 1. The van der Waals surface area contributed by atoms with Gasteiger partial charge < -0.3 is 5.73 Å². The fourth-order valence-corrected chi connectivity index (χ4v) is 2.52. The third-order valence-corrected chi connectivity index (χ3v) is 3.52. The first-order valence-corrected chi connectivity index (χ1v) is 5.88. The van der Waals surface area contributed by atoms with Crippen molar-refractivity contribution < 1.29 is 4.39 Å². The van der Waals surface area contributed by atoms with E-state index in [1.54, 1.807) is 6.07 Å². The van der Waals surface area contributed by atoms with Gasteiger partial charge in [0.1, 0.15) is 5.82 Å². The Hall–Kier alpha value is -0.640. The van der Waals surface area contributed by atoms with E-state index in [-0.39, 0.29) is 22.9 Å². The van der Waals surface area contributed by atoms with E-state index < -0.39 is 0 Å². The van der Waals surface area contributed by atoms with Crippen LogP contribution in [0.3, 0.4) is 0 Å². The quantitative estimate of drug-likeness (QED) is 0.820. The first kappa shape index (κ1) is 11.8. The predicted octanol–water partition coefficient (Wildman–Crippen LogP) is 2.57. The van der Waals surface area contributed by atoms with Crippen molar-refractivity contribution in [2.45, 2.75) is 24.9 Å². The number of piperidine rings is 1. The average Bonchev–Trinajstić information content (AvgIpc) is 2.23. The molecule has 0 spiro atoms. The van der Waals surface area contributed by atoms with Crippen LogP contribution in [-0.2, 0) is 0 Å². The first-order valence-electron chi connectivity index (χ1n) is 5.50. The second kappa shape index (κ2) is 4.70. The molecule has 1 heterocycles. The standard InChI is InChI=1S/C12H16ClFN2/c1-16-6-2-3-11(15)12(16)8-4-5-9(13)10(14)7-8/h4-5,7,11-12H,2-3,6,15H2,1H3. The Labute approximate surface area is 100 Å². The van der Waals surface area contributed by atoms with Gasteiger partial charge in [0.05, 0.1) is 5.02 Å². The molecule has 2 unspecified atom stereocenters. The molecule has 1 saturated heterocycles. The zero-order valence-electron chi connectivity index (χ0n) is 9.29. The van der Waals surface area contributed by atoms with Crippen molar-refractivity contribution in [3.8, 4) is 0 Å². The molecule has 1 fully saturated rings. The van der Waals surface area contributed by atoms with Crippen LogP contribution in [-0.4, -0.2) is 24.5 Å². The van der Waals surface area contributed by atoms with Crippen LogP contribution in [0, 0.1) is 5.82 Å². The van der Waals surface area contributed by atoms with E-state index in [0.29, 0.717) is 0 Å². The summed E-state index contributed by atoms with van der Waals surface area (Å²) in [5.41, 5.74) is 7.01. The van der Waals surface area contributed by atoms with Gasteiger partial charge in [0.15, 0.2) is 0 Å². The lowest BCUT2D eigenvalue weighted by Gasteiger charge is -2.37. The van der Waals surface area contributed by atoms with Gasteiger partial charge in [-0.2, -0.15) is 0 Å². The second-order valence-electron chi connectivity index (χ2n) is 4.41. The molecule has 2 N–H and O–H groups in total. The maximum atomic E-state index is 13.4. The number of nitrogens with two attached hydrogens (primary N) is 1. The summed E-state index contributed by atoms with van der Waals surface area (Å²) < 4.78 is 13.4. The SMILES string of the molecule is CN1CCCC(N)C1c1ccc(Cl)c(F)c1. The molecular weight excluding hydrogens is 227 g/mol. The molecule has 1 aliphatic heterocycles. The predicted molar refractivity (Wildman–Crippen MR) is 64.0 cm³/mol. The van der Waals surface area contributed by atoms with E-state index in [1.807, 2.05) is 13.1 Å². The highest BCUT2D eigenvalue weighted by atomic mass is 35.5. The molecule has 0 saturated carbocycles. The molecule has 0 radical (unpaired) electrons. The fourth-order valence-electron chi connectivity index (χ4n) is 2.40. The zero-order valence-corrected chi connectivity index (χ0v) is 10.0. The second-order valence-corrected chi connectivity index (χ2v) is 4.81. The Balaban J connectivity index is 2.30. The number of benzene rings is 1. The third-order valence-electron chi connectivity index (χ3n) is 3.21. The topological polar surface area (TPSA) is 29.3 Å². The van der Waals surface area contributed by atoms with Gasteiger partial charge in [0.25, 0.3) is 0 Å². The van der Waals surface area contributed by atoms with Gasteiger partial charge in [-0.05, 0) is 44.1 Å². The van der Waals surface area contributed by atoms with Crippen LogP contribution in [0.4, 0.5) is 4.39 Å². The van der Waals surface area contributed by atoms with Gasteiger partial charge in [-0.25, -0.2) is 4.39 Å². The van der Waals surface area contributed by atoms with E-state index in [4.69, 9.17) is 17.3 Å². The van der Waals surface area contributed by atoms with Crippen molar-refractivity contribution in [3.05, 3.63) is 34.6 Å². The minimum absolute atomic E-state index is 0.0688. The summed E-state index contributed by atoms with van der Waals surface area (Å²) in [5, 5.41) is 0.163. The molecule has 0 bridgehead atoms. The van der Waals surface area contributed by atoms with Gasteiger partial charge in [0, 0.05) is 12.1 Å². The summed E-state index contributed by atoms with van der Waals surface area (Å²) in [7, 11) is 2.02. The largest absolute Gasteiger partial charge is 0.326 e. The number of hydrogen-bond acceptors (Lipinski definition) is 2. The van der Waals surface area contributed by atoms with Crippen molar-refractivity contribution in [1.29, 1.82) is 0 Å². The lowest BCUT2D eigenvalue weighted by molar-refractivity contribution is 0.162. The Kier molecular flexibility index (Phi) is 3.47. The Morgan fingerprint density at radius 1 is 1.50 bits per heavy atom. The van der Waals surface area contributed by atoms with Gasteiger partial charge in [-0.15, -0.1) is 0 Å². The van der Waals surface area contributed by atoms with Crippen LogP contribution >= 0.6 is 11.6 Å². The fraction of sp³-hybridized carbons (Fsp3) is 0.500. The minimum atomic E-state index is -0.370. The summed E-state index contributed by atoms with van der Waals surface area (Å²) in [5.74, 6) is -0.370. The first-order chi connectivity index (χ1) is 7.59. The molecule has 88 valence electrons. The van der Waals surface area contributed by atoms with Crippen LogP contribution in [0.1, 0.15) is 24.4 Å². The van der Waals surface area contributed by atoms with Crippen LogP contribution in [0.5, 0.6) is 0 Å². The van der Waals surface area contributed by atoms with Gasteiger partial charge in [0.2, 0.25) is 0 Å². The number of likely N-dealkylation sites (tertiary alicyclic amines) is 1. The van der Waals surface area contributed by atoms with Gasteiger partial charge >= 0.3 is 0 Å². The van der Waals surface area contributed by atoms with Crippen molar-refractivity contribution >= 4 is 11.6 Å². The van der Waals surface area contributed by atoms with E-state index in [0.717, 1.165) is 24.9 Å². The molecule has 1 aromatic rings. The smallest absolute Gasteiger partial charge is 0.142 e. The highest BCUT2D eigenvalue weighted by molar-refractivity contribution is 6.30. The summed E-state index contributed by atoms with van der Waals surface area (Å²) >= 11 is 5.67. The molecule has 16 heavy (non-hydrogen) atoms. The number of rotatable bonds is 1. The number of halogens is 2. The van der Waals surface area contributed by atoms with Crippen molar-refractivity contribution in [3.63, 3.8) is 0 Å². The van der Waals surface area contributed by atoms with Crippen molar-refractivity contribution in [1.82, 2.24) is 4.90 Å². The molecule has 0 aromatic heterocycles. The van der Waals surface area contributed by atoms with Gasteiger partial charge in [-0.3, -0.25) is 4.90 Å². The molecule has 2 rings (SSSR count). The molecular formula is C12H16ClFN2. The van der Waals surface area contributed by atoms with E-state index >= 15 is 0 Å². The molecule has 0 aliphatic carbocycles. The lowest BCUT2D eigenvalue weighted by atomic mass is 9.91. The maximum absolute atomic E-state index is 13.4. The third kappa shape index (κ3) is 2.21. The van der Waals surface area contributed by atoms with Crippen molar-refractivity contribution in [2.24, 2.45) is 5.73 Å². The van der Waals surface area contributed by atoms with Crippen LogP contribution in [0.2, 0.25) is 5.02 Å². The normalized spacial score (nSPS) is 27.0. The lowest BCUT2D eigenvalue weighted by Crippen LogP contribution is -2.43. The van der Waals surface area contributed by atoms with Crippen LogP contribution in [0.25, 0.3) is 0 Å². The minimum Gasteiger partial charge on any atom is -0.326 e. The molecule has 1 aliphatic rings. The summed E-state index contributed by atoms with van der Waals surface area (Å²) in [6, 6.07) is 5.12. The van der Waals surface area contributed by atoms with E-state index in [1.165, 1.54) is 6.07 Å². The van der Waals surface area contributed by atoms with Crippen molar-refractivity contribution in [2.75, 3.05) is 13.6 Å². The van der Waals surface area contributed by atoms with Crippen LogP contribution in [0.15, 0.2) is 18.2 Å². The van der Waals surface area contributed by atoms with E-state index in [2.05, 4.69) is 4.90 Å². The average molecular weight is 243 g/mol. The zero-order chi connectivity index (χ0) is 11.7. The molecule has 0 amide bonds. The molecule has 2 atom stereocenters. The maximum Gasteiger partial charge on any atom is 0.142 e. The summed E-state index contributed by atoms with van der Waals surface area (Å²) in [4.78, 5) is 2.18. The summed E-state index contributed by atoms with van der Waals surface area (Å²) in [6.45, 7) is 1.00. The number of likely N-dealkylation sites (N-methyl/N-ethyl adjacent to an activating group) is 1. The number of nitrogens with zero attached hydrogens (tertiary/aromatic N) is 1. The highest BCUT2D eigenvalue weighted by Crippen LogP contribution is 2.30. The van der Waals surface area contributed by atoms with Crippen LogP contribution < -0.4 is 5.73 Å².